The highest BCUT2D eigenvalue weighted by molar-refractivity contribution is 6.33. The molecular weight excluding hydrogens is 148 g/mol. The van der Waals surface area contributed by atoms with Crippen LogP contribution in [0, 0.1) is 5.41 Å². The summed E-state index contributed by atoms with van der Waals surface area (Å²) in [7, 11) is 0. The van der Waals surface area contributed by atoms with Crippen molar-refractivity contribution in [2.45, 2.75) is 0 Å². The van der Waals surface area contributed by atoms with Gasteiger partial charge in [0.2, 0.25) is 0 Å². The van der Waals surface area contributed by atoms with E-state index in [1.54, 1.807) is 12.1 Å². The molecule has 0 aromatic heterocycles. The van der Waals surface area contributed by atoms with E-state index in [1.807, 2.05) is 18.1 Å². The molecule has 0 heterocycles. The third-order valence-corrected chi connectivity index (χ3v) is 1.35. The molecule has 0 unspecified atom stereocenters. The monoisotopic (exact) mass is 152 g/mol. The van der Waals surface area contributed by atoms with Crippen molar-refractivity contribution in [3.8, 4) is 0 Å². The predicted molar refractivity (Wildman–Crippen MR) is 41.3 cm³/mol. The molecule has 0 aliphatic rings. The van der Waals surface area contributed by atoms with E-state index in [0.29, 0.717) is 10.7 Å². The Morgan fingerprint density at radius 1 is 1.40 bits per heavy atom. The predicted octanol–water partition coefficient (Wildman–Crippen LogP) is 2.72. The minimum Gasteiger partial charge on any atom is -0.241 e. The first-order valence-electron chi connectivity index (χ1n) is 2.71. The van der Waals surface area contributed by atoms with Crippen molar-refractivity contribution in [1.82, 2.24) is 0 Å². The van der Waals surface area contributed by atoms with Crippen molar-refractivity contribution in [3.63, 3.8) is 0 Å². The van der Waals surface area contributed by atoms with Crippen LogP contribution in [0.25, 0.3) is 0 Å². The summed E-state index contributed by atoms with van der Waals surface area (Å²) in [5.74, 6) is 0. The van der Waals surface area contributed by atoms with E-state index in [-0.39, 0.29) is 0 Å². The van der Waals surface area contributed by atoms with Crippen LogP contribution >= 0.6 is 11.6 Å². The number of nitrogens with one attached hydrogen (secondary N) is 1. The number of halogens is 1. The van der Waals surface area contributed by atoms with Crippen LogP contribution in [0.3, 0.4) is 0 Å². The van der Waals surface area contributed by atoms with Gasteiger partial charge < -0.3 is 0 Å². The van der Waals surface area contributed by atoms with Crippen LogP contribution in [0.5, 0.6) is 0 Å². The van der Waals surface area contributed by atoms with Gasteiger partial charge in [-0.2, -0.15) is 4.99 Å². The van der Waals surface area contributed by atoms with Gasteiger partial charge in [0.15, 0.2) is 0 Å². The SMILES string of the molecule is N=C=Nc1ccccc1Cl. The number of para-hydroxylation sites is 1. The Morgan fingerprint density at radius 3 is 2.70 bits per heavy atom. The summed E-state index contributed by atoms with van der Waals surface area (Å²) >= 11 is 5.69. The fourth-order valence-corrected chi connectivity index (χ4v) is 0.781. The zero-order chi connectivity index (χ0) is 7.40. The van der Waals surface area contributed by atoms with Crippen molar-refractivity contribution < 1.29 is 0 Å². The van der Waals surface area contributed by atoms with Crippen LogP contribution in [0.1, 0.15) is 0 Å². The van der Waals surface area contributed by atoms with Crippen molar-refractivity contribution in [3.05, 3.63) is 29.3 Å². The van der Waals surface area contributed by atoms with E-state index in [0.717, 1.165) is 0 Å². The molecule has 0 amide bonds. The topological polar surface area (TPSA) is 36.2 Å². The molecule has 0 aliphatic heterocycles. The van der Waals surface area contributed by atoms with Crippen molar-refractivity contribution in [1.29, 1.82) is 5.41 Å². The standard InChI is InChI=1S/C7H5ClN2/c8-6-3-1-2-4-7(6)10-5-9/h1-4,9H. The summed E-state index contributed by atoms with van der Waals surface area (Å²) in [6, 6.07) is 8.98. The molecule has 0 saturated heterocycles. The largest absolute Gasteiger partial charge is 0.241 e. The molecule has 10 heavy (non-hydrogen) atoms. The first kappa shape index (κ1) is 7.00. The second-order valence-corrected chi connectivity index (χ2v) is 2.08. The Bertz CT molecular complexity index is 277. The Hall–Kier alpha value is -1.11. The molecule has 0 bridgehead atoms. The molecule has 1 aromatic carbocycles. The van der Waals surface area contributed by atoms with E-state index >= 15 is 0 Å². The maximum atomic E-state index is 6.56. The maximum Gasteiger partial charge on any atom is 0.0932 e. The first-order valence-corrected chi connectivity index (χ1v) is 3.09. The molecule has 1 aromatic rings. The molecule has 1 rings (SSSR count). The number of hydrogen-bond acceptors (Lipinski definition) is 2. The number of rotatable bonds is 1. The van der Waals surface area contributed by atoms with Crippen LogP contribution in [0.15, 0.2) is 29.3 Å². The highest BCUT2D eigenvalue weighted by Crippen LogP contribution is 2.22. The normalized spacial score (nSPS) is 8.50. The zero-order valence-corrected chi connectivity index (χ0v) is 5.89. The van der Waals surface area contributed by atoms with Crippen LogP contribution in [0.2, 0.25) is 5.02 Å². The molecule has 50 valence electrons. The average molecular weight is 153 g/mol. The van der Waals surface area contributed by atoms with Crippen molar-refractivity contribution in [2.24, 2.45) is 4.99 Å². The molecule has 0 atom stereocenters. The van der Waals surface area contributed by atoms with Crippen LogP contribution in [0.4, 0.5) is 5.69 Å². The second-order valence-electron chi connectivity index (χ2n) is 1.68. The van der Waals surface area contributed by atoms with E-state index in [4.69, 9.17) is 17.0 Å². The zero-order valence-electron chi connectivity index (χ0n) is 5.13. The van der Waals surface area contributed by atoms with Gasteiger partial charge in [-0.25, -0.2) is 5.41 Å². The molecule has 0 fully saturated rings. The third-order valence-electron chi connectivity index (χ3n) is 1.03. The highest BCUT2D eigenvalue weighted by Gasteiger charge is 1.92. The minimum atomic E-state index is 0.544. The number of hydrogen-bond donors (Lipinski definition) is 1. The Labute approximate surface area is 63.7 Å². The summed E-state index contributed by atoms with van der Waals surface area (Å²) in [6.45, 7) is 0. The lowest BCUT2D eigenvalue weighted by atomic mass is 10.3. The molecule has 0 radical (unpaired) electrons. The quantitative estimate of drug-likeness (QED) is 0.601. The Balaban J connectivity index is 3.14. The fourth-order valence-electron chi connectivity index (χ4n) is 0.603. The van der Waals surface area contributed by atoms with Gasteiger partial charge in [0.05, 0.1) is 16.7 Å². The molecule has 3 heteroatoms. The van der Waals surface area contributed by atoms with Gasteiger partial charge in [-0.3, -0.25) is 0 Å². The molecule has 0 spiro atoms. The van der Waals surface area contributed by atoms with Gasteiger partial charge in [0.1, 0.15) is 0 Å². The van der Waals surface area contributed by atoms with Crippen molar-refractivity contribution in [2.75, 3.05) is 0 Å². The smallest absolute Gasteiger partial charge is 0.0932 e. The van der Waals surface area contributed by atoms with Gasteiger partial charge in [0.25, 0.3) is 0 Å². The lowest BCUT2D eigenvalue weighted by molar-refractivity contribution is 1.48. The van der Waals surface area contributed by atoms with Crippen LogP contribution < -0.4 is 0 Å². The summed E-state index contributed by atoms with van der Waals surface area (Å²) in [6.07, 6.45) is 0. The molecule has 1 N–H and O–H groups in total. The van der Waals surface area contributed by atoms with Gasteiger partial charge in [-0.15, -0.1) is 0 Å². The molecule has 0 saturated carbocycles. The van der Waals surface area contributed by atoms with Crippen molar-refractivity contribution >= 4 is 23.3 Å². The first-order chi connectivity index (χ1) is 4.84. The Kier molecular flexibility index (Phi) is 2.21. The Morgan fingerprint density at radius 2 is 2.10 bits per heavy atom. The second kappa shape index (κ2) is 3.16. The van der Waals surface area contributed by atoms with Gasteiger partial charge in [-0.1, -0.05) is 23.7 Å². The fraction of sp³-hybridized carbons (Fsp3) is 0. The summed E-state index contributed by atoms with van der Waals surface area (Å²) in [4.78, 5) is 3.59. The molecule has 2 nitrogen and oxygen atoms in total. The highest BCUT2D eigenvalue weighted by atomic mass is 35.5. The van der Waals surface area contributed by atoms with Gasteiger partial charge in [-0.05, 0) is 12.1 Å². The van der Waals surface area contributed by atoms with E-state index < -0.39 is 0 Å². The number of aliphatic imine (C=N–C) groups is 1. The molecule has 0 aliphatic carbocycles. The number of nitrogens with zero attached hydrogens (tertiary/aromatic N) is 1. The molecular formula is C7H5ClN2. The lowest BCUT2D eigenvalue weighted by Gasteiger charge is -1.91. The van der Waals surface area contributed by atoms with Crippen LogP contribution in [-0.2, 0) is 0 Å². The van der Waals surface area contributed by atoms with E-state index in [2.05, 4.69) is 4.99 Å². The third kappa shape index (κ3) is 1.44. The summed E-state index contributed by atoms with van der Waals surface area (Å²) in [5, 5.41) is 7.11. The lowest BCUT2D eigenvalue weighted by Crippen LogP contribution is -1.64. The van der Waals surface area contributed by atoms with Gasteiger partial charge >= 0.3 is 0 Å². The number of benzene rings is 1. The van der Waals surface area contributed by atoms with Crippen LogP contribution in [-0.4, -0.2) is 6.01 Å². The average Bonchev–Trinajstić information content (AvgIpc) is 1.94. The summed E-state index contributed by atoms with van der Waals surface area (Å²) in [5.41, 5.74) is 0.583. The van der Waals surface area contributed by atoms with E-state index in [1.165, 1.54) is 0 Å². The minimum absolute atomic E-state index is 0.544. The van der Waals surface area contributed by atoms with Gasteiger partial charge in [0, 0.05) is 0 Å². The maximum absolute atomic E-state index is 6.56. The van der Waals surface area contributed by atoms with E-state index in [9.17, 15) is 0 Å². The summed E-state index contributed by atoms with van der Waals surface area (Å²) < 4.78 is 0.